The Bertz CT molecular complexity index is 1450. The molecule has 3 aromatic rings. The lowest BCUT2D eigenvalue weighted by Gasteiger charge is -2.32. The third-order valence-electron chi connectivity index (χ3n) is 6.48. The number of benzene rings is 3. The van der Waals surface area contributed by atoms with Gasteiger partial charge in [-0.1, -0.05) is 71.2 Å². The van der Waals surface area contributed by atoms with Crippen molar-refractivity contribution in [2.24, 2.45) is 0 Å². The molecule has 1 atom stereocenters. The first kappa shape index (κ1) is 32.5. The van der Waals surface area contributed by atoms with Crippen LogP contribution in [0.15, 0.2) is 66.7 Å². The molecule has 0 aliphatic carbocycles. The summed E-state index contributed by atoms with van der Waals surface area (Å²) in [6.07, 6.45) is 1.47. The number of amides is 2. The van der Waals surface area contributed by atoms with Gasteiger partial charge in [0.1, 0.15) is 11.8 Å². The molecule has 0 saturated carbocycles. The number of hydrogen-bond acceptors (Lipinski definition) is 5. The number of nitrogens with zero attached hydrogens (tertiary/aromatic N) is 2. The van der Waals surface area contributed by atoms with Crippen LogP contribution in [0.3, 0.4) is 0 Å². The summed E-state index contributed by atoms with van der Waals surface area (Å²) in [5.41, 5.74) is 1.72. The molecular weight excluding hydrogens is 609 g/mol. The summed E-state index contributed by atoms with van der Waals surface area (Å²) in [5.74, 6) is -0.297. The van der Waals surface area contributed by atoms with E-state index in [0.717, 1.165) is 11.8 Å². The summed E-state index contributed by atoms with van der Waals surface area (Å²) >= 11 is 19.1. The average Bonchev–Trinajstić information content (AvgIpc) is 2.93. The number of methoxy groups -OCH3 is 1. The number of nitrogens with one attached hydrogen (secondary N) is 1. The van der Waals surface area contributed by atoms with E-state index in [2.05, 4.69) is 5.32 Å². The molecule has 0 spiro atoms. The van der Waals surface area contributed by atoms with Gasteiger partial charge in [0.25, 0.3) is 0 Å². The van der Waals surface area contributed by atoms with Crippen LogP contribution in [0.5, 0.6) is 5.75 Å². The van der Waals surface area contributed by atoms with E-state index in [9.17, 15) is 18.0 Å². The Labute approximate surface area is 256 Å². The molecular formula is C29H32Cl3N3O5S. The maximum absolute atomic E-state index is 13.8. The molecule has 0 heterocycles. The lowest BCUT2D eigenvalue weighted by molar-refractivity contribution is -0.141. The van der Waals surface area contributed by atoms with Crippen molar-refractivity contribution in [3.05, 3.63) is 92.9 Å². The Hall–Kier alpha value is -2.98. The van der Waals surface area contributed by atoms with Crippen molar-refractivity contribution in [1.82, 2.24) is 10.2 Å². The Morgan fingerprint density at radius 3 is 2.17 bits per heavy atom. The second kappa shape index (κ2) is 14.8. The number of rotatable bonds is 13. The molecule has 0 bridgehead atoms. The van der Waals surface area contributed by atoms with Crippen LogP contribution in [0.25, 0.3) is 0 Å². The van der Waals surface area contributed by atoms with Gasteiger partial charge in [-0.05, 0) is 42.3 Å². The van der Waals surface area contributed by atoms with Gasteiger partial charge in [0.05, 0.1) is 24.1 Å². The van der Waals surface area contributed by atoms with E-state index in [1.165, 1.54) is 29.4 Å². The SMILES string of the molecule is CNC(=O)C(Cc1ccccc1)N(Cc1c(Cl)cccc1Cl)C(=O)CCCN(c1ccc(OC)c(Cl)c1)S(C)(=O)=O. The molecule has 1 unspecified atom stereocenters. The molecule has 0 aromatic heterocycles. The van der Waals surface area contributed by atoms with Gasteiger partial charge < -0.3 is 15.0 Å². The van der Waals surface area contributed by atoms with E-state index in [-0.39, 0.29) is 49.2 Å². The van der Waals surface area contributed by atoms with Crippen molar-refractivity contribution in [3.8, 4) is 5.75 Å². The minimum atomic E-state index is -3.70. The van der Waals surface area contributed by atoms with Crippen molar-refractivity contribution >= 4 is 62.3 Å². The fraction of sp³-hybridized carbons (Fsp3) is 0.310. The van der Waals surface area contributed by atoms with E-state index in [0.29, 0.717) is 27.0 Å². The number of likely N-dealkylation sites (N-methyl/N-ethyl adjacent to an activating group) is 1. The molecule has 220 valence electrons. The van der Waals surface area contributed by atoms with Gasteiger partial charge in [-0.2, -0.15) is 0 Å². The topological polar surface area (TPSA) is 96.0 Å². The van der Waals surface area contributed by atoms with Crippen LogP contribution in [0.2, 0.25) is 15.1 Å². The first-order chi connectivity index (χ1) is 19.5. The summed E-state index contributed by atoms with van der Waals surface area (Å²) in [4.78, 5) is 28.4. The Kier molecular flexibility index (Phi) is 11.7. The lowest BCUT2D eigenvalue weighted by atomic mass is 10.0. The molecule has 0 saturated heterocycles. The second-order valence-electron chi connectivity index (χ2n) is 9.30. The quantitative estimate of drug-likeness (QED) is 0.263. The largest absolute Gasteiger partial charge is 0.495 e. The average molecular weight is 641 g/mol. The highest BCUT2D eigenvalue weighted by molar-refractivity contribution is 7.92. The number of anilines is 1. The van der Waals surface area contributed by atoms with Crippen molar-refractivity contribution in [2.45, 2.75) is 31.8 Å². The third-order valence-corrected chi connectivity index (χ3v) is 8.68. The number of sulfonamides is 1. The highest BCUT2D eigenvalue weighted by atomic mass is 35.5. The minimum Gasteiger partial charge on any atom is -0.495 e. The standard InChI is InChI=1S/C29H32Cl3N3O5S/c1-33-29(37)26(17-20-9-5-4-6-10-20)34(19-22-23(30)11-7-12-24(22)31)28(36)13-8-16-35(41(3,38)39)21-14-15-27(40-2)25(32)18-21/h4-7,9-12,14-15,18,26H,8,13,16-17,19H2,1-3H3,(H,33,37). The molecule has 0 aliphatic rings. The van der Waals surface area contributed by atoms with Crippen LogP contribution in [0, 0.1) is 0 Å². The molecule has 2 amide bonds. The second-order valence-corrected chi connectivity index (χ2v) is 12.4. The first-order valence-corrected chi connectivity index (χ1v) is 15.7. The maximum Gasteiger partial charge on any atom is 0.242 e. The Morgan fingerprint density at radius 2 is 1.61 bits per heavy atom. The van der Waals surface area contributed by atoms with E-state index < -0.39 is 16.1 Å². The minimum absolute atomic E-state index is 0.00780. The fourth-order valence-corrected chi connectivity index (χ4v) is 6.11. The molecule has 3 aromatic carbocycles. The zero-order chi connectivity index (χ0) is 30.2. The lowest BCUT2D eigenvalue weighted by Crippen LogP contribution is -2.50. The van der Waals surface area contributed by atoms with Crippen LogP contribution in [0.4, 0.5) is 5.69 Å². The van der Waals surface area contributed by atoms with E-state index in [1.54, 1.807) is 30.3 Å². The summed E-state index contributed by atoms with van der Waals surface area (Å²) in [6.45, 7) is 0.00336. The number of carbonyl (C=O) groups is 2. The zero-order valence-corrected chi connectivity index (χ0v) is 26.0. The fourth-order valence-electron chi connectivity index (χ4n) is 4.39. The number of ether oxygens (including phenoxy) is 1. The smallest absolute Gasteiger partial charge is 0.242 e. The zero-order valence-electron chi connectivity index (χ0n) is 22.9. The van der Waals surface area contributed by atoms with Crippen LogP contribution in [0.1, 0.15) is 24.0 Å². The summed E-state index contributed by atoms with van der Waals surface area (Å²) in [7, 11) is -0.723. The molecule has 0 radical (unpaired) electrons. The Balaban J connectivity index is 1.89. The summed E-state index contributed by atoms with van der Waals surface area (Å²) in [6, 6.07) is 18.2. The molecule has 0 fully saturated rings. The van der Waals surface area contributed by atoms with E-state index >= 15 is 0 Å². The highest BCUT2D eigenvalue weighted by Gasteiger charge is 2.31. The molecule has 41 heavy (non-hydrogen) atoms. The first-order valence-electron chi connectivity index (χ1n) is 12.7. The van der Waals surface area contributed by atoms with Crippen LogP contribution in [-0.4, -0.2) is 58.1 Å². The molecule has 1 N–H and O–H groups in total. The predicted octanol–water partition coefficient (Wildman–Crippen LogP) is 5.59. The number of halogens is 3. The van der Waals surface area contributed by atoms with Crippen LogP contribution >= 0.6 is 34.8 Å². The Morgan fingerprint density at radius 1 is 0.951 bits per heavy atom. The number of carbonyl (C=O) groups excluding carboxylic acids is 2. The highest BCUT2D eigenvalue weighted by Crippen LogP contribution is 2.31. The van der Waals surface area contributed by atoms with Gasteiger partial charge in [0.2, 0.25) is 21.8 Å². The van der Waals surface area contributed by atoms with E-state index in [4.69, 9.17) is 39.5 Å². The van der Waals surface area contributed by atoms with Gasteiger partial charge in [-0.3, -0.25) is 13.9 Å². The molecule has 12 heteroatoms. The molecule has 8 nitrogen and oxygen atoms in total. The summed E-state index contributed by atoms with van der Waals surface area (Å²) < 4.78 is 31.6. The van der Waals surface area contributed by atoms with Crippen molar-refractivity contribution < 1.29 is 22.7 Å². The van der Waals surface area contributed by atoms with Crippen LogP contribution in [-0.2, 0) is 32.6 Å². The van der Waals surface area contributed by atoms with Gasteiger partial charge in [0, 0.05) is 48.6 Å². The van der Waals surface area contributed by atoms with E-state index in [1.807, 2.05) is 30.3 Å². The molecule has 3 rings (SSSR count). The van der Waals surface area contributed by atoms with Gasteiger partial charge in [-0.25, -0.2) is 8.42 Å². The third kappa shape index (κ3) is 8.75. The van der Waals surface area contributed by atoms with Crippen LogP contribution < -0.4 is 14.4 Å². The normalized spacial score (nSPS) is 12.0. The monoisotopic (exact) mass is 639 g/mol. The van der Waals surface area contributed by atoms with Crippen molar-refractivity contribution in [1.29, 1.82) is 0 Å². The van der Waals surface area contributed by atoms with Gasteiger partial charge in [-0.15, -0.1) is 0 Å². The summed E-state index contributed by atoms with van der Waals surface area (Å²) in [5, 5.41) is 3.65. The van der Waals surface area contributed by atoms with Crippen molar-refractivity contribution in [2.75, 3.05) is 31.3 Å². The predicted molar refractivity (Wildman–Crippen MR) is 164 cm³/mol. The number of hydrogen-bond donors (Lipinski definition) is 1. The van der Waals surface area contributed by atoms with Gasteiger partial charge in [0.15, 0.2) is 0 Å². The molecule has 0 aliphatic heterocycles. The van der Waals surface area contributed by atoms with Gasteiger partial charge >= 0.3 is 0 Å². The van der Waals surface area contributed by atoms with Crippen molar-refractivity contribution in [3.63, 3.8) is 0 Å². The maximum atomic E-state index is 13.8.